The van der Waals surface area contributed by atoms with Gasteiger partial charge < -0.3 is 14.8 Å². The molecule has 0 spiro atoms. The van der Waals surface area contributed by atoms with Gasteiger partial charge in [0, 0.05) is 12.0 Å². The van der Waals surface area contributed by atoms with E-state index in [2.05, 4.69) is 11.4 Å². The number of hydrogen-bond acceptors (Lipinski definition) is 3. The van der Waals surface area contributed by atoms with Gasteiger partial charge in [0.1, 0.15) is 22.9 Å². The molecular formula is C18H16NO3+. The highest BCUT2D eigenvalue weighted by Crippen LogP contribution is 2.32. The molecule has 4 heteroatoms. The number of nitrogens with two attached hydrogens (primary N) is 1. The third kappa shape index (κ3) is 1.92. The fraction of sp³-hybridized carbons (Fsp3) is 0.167. The van der Waals surface area contributed by atoms with Gasteiger partial charge in [-0.1, -0.05) is 36.4 Å². The molecule has 4 nitrogen and oxygen atoms in total. The first-order valence-corrected chi connectivity index (χ1v) is 7.41. The number of para-hydroxylation sites is 1. The van der Waals surface area contributed by atoms with Crippen molar-refractivity contribution in [2.45, 2.75) is 12.5 Å². The van der Waals surface area contributed by atoms with Gasteiger partial charge in [0.05, 0.1) is 11.9 Å². The van der Waals surface area contributed by atoms with E-state index in [1.165, 1.54) is 5.56 Å². The second-order valence-electron chi connectivity index (χ2n) is 5.60. The van der Waals surface area contributed by atoms with Crippen molar-refractivity contribution in [2.24, 2.45) is 0 Å². The molecule has 1 aromatic heterocycles. The SMILES string of the molecule is O=c1oc2ccccc2c(O)c1[C@H]1[NH2+]CCc2ccccc21. The number of hydrogen-bond donors (Lipinski definition) is 2. The topological polar surface area (TPSA) is 67.0 Å². The quantitative estimate of drug-likeness (QED) is 0.671. The molecule has 1 atom stereocenters. The van der Waals surface area contributed by atoms with E-state index in [1.54, 1.807) is 18.2 Å². The second-order valence-corrected chi connectivity index (χ2v) is 5.60. The van der Waals surface area contributed by atoms with Gasteiger partial charge >= 0.3 is 5.63 Å². The first-order chi connectivity index (χ1) is 10.8. The first-order valence-electron chi connectivity index (χ1n) is 7.41. The van der Waals surface area contributed by atoms with Gasteiger partial charge in [-0.25, -0.2) is 4.79 Å². The maximum atomic E-state index is 12.4. The Balaban J connectivity index is 1.98. The minimum absolute atomic E-state index is 0.0322. The largest absolute Gasteiger partial charge is 0.506 e. The van der Waals surface area contributed by atoms with Gasteiger partial charge in [-0.05, 0) is 17.7 Å². The van der Waals surface area contributed by atoms with Crippen LogP contribution < -0.4 is 10.9 Å². The maximum Gasteiger partial charge on any atom is 0.349 e. The molecule has 3 aromatic rings. The highest BCUT2D eigenvalue weighted by atomic mass is 16.4. The molecule has 0 saturated carbocycles. The zero-order valence-corrected chi connectivity index (χ0v) is 12.0. The summed E-state index contributed by atoms with van der Waals surface area (Å²) in [5, 5.41) is 13.3. The van der Waals surface area contributed by atoms with Gasteiger partial charge in [0.25, 0.3) is 0 Å². The molecule has 0 bridgehead atoms. The van der Waals surface area contributed by atoms with Crippen LogP contribution in [0, 0.1) is 0 Å². The number of aromatic hydroxyl groups is 1. The zero-order valence-electron chi connectivity index (χ0n) is 12.0. The van der Waals surface area contributed by atoms with Crippen molar-refractivity contribution in [1.29, 1.82) is 0 Å². The van der Waals surface area contributed by atoms with Crippen LogP contribution in [0.1, 0.15) is 22.7 Å². The van der Waals surface area contributed by atoms with Crippen LogP contribution in [0.15, 0.2) is 57.7 Å². The minimum atomic E-state index is -0.464. The minimum Gasteiger partial charge on any atom is -0.506 e. The molecule has 22 heavy (non-hydrogen) atoms. The molecule has 0 saturated heterocycles. The lowest BCUT2D eigenvalue weighted by Gasteiger charge is -2.23. The van der Waals surface area contributed by atoms with E-state index in [9.17, 15) is 9.90 Å². The Morgan fingerprint density at radius 2 is 1.86 bits per heavy atom. The Hall–Kier alpha value is -2.59. The summed E-state index contributed by atoms with van der Waals surface area (Å²) in [7, 11) is 0. The molecule has 1 aliphatic rings. The lowest BCUT2D eigenvalue weighted by atomic mass is 9.90. The number of quaternary nitrogens is 1. The lowest BCUT2D eigenvalue weighted by molar-refractivity contribution is -0.690. The fourth-order valence-electron chi connectivity index (χ4n) is 3.29. The standard InChI is InChI=1S/C18H15NO3/c20-17-13-7-3-4-8-14(13)22-18(21)15(17)16-12-6-2-1-5-11(12)9-10-19-16/h1-8,16,19-20H,9-10H2/p+1/t16-/m0/s1. The van der Waals surface area contributed by atoms with Crippen molar-refractivity contribution < 1.29 is 14.8 Å². The second kappa shape index (κ2) is 5.00. The molecule has 3 N–H and O–H groups in total. The van der Waals surface area contributed by atoms with E-state index in [-0.39, 0.29) is 11.8 Å². The van der Waals surface area contributed by atoms with Crippen LogP contribution in [0.25, 0.3) is 11.0 Å². The Morgan fingerprint density at radius 3 is 2.77 bits per heavy atom. The van der Waals surface area contributed by atoms with Gasteiger partial charge in [0.15, 0.2) is 0 Å². The lowest BCUT2D eigenvalue weighted by Crippen LogP contribution is -2.87. The van der Waals surface area contributed by atoms with E-state index in [0.29, 0.717) is 16.5 Å². The van der Waals surface area contributed by atoms with Gasteiger partial charge in [-0.3, -0.25) is 0 Å². The van der Waals surface area contributed by atoms with Crippen LogP contribution in [0.2, 0.25) is 0 Å². The number of rotatable bonds is 1. The Kier molecular flexibility index (Phi) is 2.98. The summed E-state index contributed by atoms with van der Waals surface area (Å²) in [5.74, 6) is 0.0322. The molecule has 2 heterocycles. The summed E-state index contributed by atoms with van der Waals surface area (Å²) in [6.07, 6.45) is 0.965. The Labute approximate surface area is 127 Å². The molecule has 0 aliphatic carbocycles. The van der Waals surface area contributed by atoms with Crippen molar-refractivity contribution in [3.05, 3.63) is 75.6 Å². The first kappa shape index (κ1) is 13.1. The van der Waals surface area contributed by atoms with Crippen LogP contribution in [0.4, 0.5) is 0 Å². The molecule has 2 aromatic carbocycles. The highest BCUT2D eigenvalue weighted by Gasteiger charge is 2.31. The zero-order chi connectivity index (χ0) is 15.1. The molecule has 1 aliphatic heterocycles. The average Bonchev–Trinajstić information content (AvgIpc) is 2.55. The normalized spacial score (nSPS) is 17.4. The van der Waals surface area contributed by atoms with E-state index in [4.69, 9.17) is 4.42 Å². The summed E-state index contributed by atoms with van der Waals surface area (Å²) in [6.45, 7) is 0.882. The molecule has 0 amide bonds. The maximum absolute atomic E-state index is 12.4. The molecule has 4 rings (SSSR count). The van der Waals surface area contributed by atoms with Crippen LogP contribution in [0.3, 0.4) is 0 Å². The van der Waals surface area contributed by atoms with Gasteiger partial charge in [0.2, 0.25) is 0 Å². The number of benzene rings is 2. The summed E-state index contributed by atoms with van der Waals surface area (Å²) < 4.78 is 5.41. The summed E-state index contributed by atoms with van der Waals surface area (Å²) in [6, 6.07) is 14.9. The van der Waals surface area contributed by atoms with Crippen molar-refractivity contribution >= 4 is 11.0 Å². The smallest absolute Gasteiger partial charge is 0.349 e. The van der Waals surface area contributed by atoms with Crippen LogP contribution in [0.5, 0.6) is 5.75 Å². The fourth-order valence-corrected chi connectivity index (χ4v) is 3.29. The monoisotopic (exact) mass is 294 g/mol. The van der Waals surface area contributed by atoms with Crippen molar-refractivity contribution in [3.8, 4) is 5.75 Å². The molecule has 0 unspecified atom stereocenters. The summed E-state index contributed by atoms with van der Waals surface area (Å²) >= 11 is 0. The van der Waals surface area contributed by atoms with E-state index in [0.717, 1.165) is 18.5 Å². The van der Waals surface area contributed by atoms with Crippen molar-refractivity contribution in [2.75, 3.05) is 6.54 Å². The average molecular weight is 294 g/mol. The molecule has 110 valence electrons. The van der Waals surface area contributed by atoms with E-state index < -0.39 is 5.63 Å². The third-order valence-corrected chi connectivity index (χ3v) is 4.34. The van der Waals surface area contributed by atoms with Crippen LogP contribution >= 0.6 is 0 Å². The van der Waals surface area contributed by atoms with Crippen molar-refractivity contribution in [1.82, 2.24) is 0 Å². The van der Waals surface area contributed by atoms with Gasteiger partial charge in [-0.2, -0.15) is 0 Å². The van der Waals surface area contributed by atoms with E-state index >= 15 is 0 Å². The predicted molar refractivity (Wildman–Crippen MR) is 82.9 cm³/mol. The van der Waals surface area contributed by atoms with Crippen LogP contribution in [-0.4, -0.2) is 11.7 Å². The summed E-state index contributed by atoms with van der Waals surface area (Å²) in [4.78, 5) is 12.4. The summed E-state index contributed by atoms with van der Waals surface area (Å²) in [5.41, 5.74) is 2.59. The molecular weight excluding hydrogens is 278 g/mol. The molecule has 0 radical (unpaired) electrons. The van der Waals surface area contributed by atoms with Gasteiger partial charge in [-0.15, -0.1) is 0 Å². The third-order valence-electron chi connectivity index (χ3n) is 4.34. The predicted octanol–water partition coefficient (Wildman–Crippen LogP) is 1.71. The highest BCUT2D eigenvalue weighted by molar-refractivity contribution is 5.84. The Bertz CT molecular complexity index is 914. The molecule has 0 fully saturated rings. The van der Waals surface area contributed by atoms with Crippen LogP contribution in [-0.2, 0) is 6.42 Å². The van der Waals surface area contributed by atoms with Crippen molar-refractivity contribution in [3.63, 3.8) is 0 Å². The number of fused-ring (bicyclic) bond motifs is 2. The van der Waals surface area contributed by atoms with E-state index in [1.807, 2.05) is 24.3 Å². The Morgan fingerprint density at radius 1 is 1.09 bits per heavy atom.